The summed E-state index contributed by atoms with van der Waals surface area (Å²) >= 11 is 0. The van der Waals surface area contributed by atoms with E-state index >= 15 is 0 Å². The molecule has 1 heterocycles. The normalized spacial score (nSPS) is 16.4. The molecule has 7 heteroatoms. The van der Waals surface area contributed by atoms with Crippen LogP contribution in [0.5, 0.6) is 0 Å². The number of rotatable bonds is 3. The van der Waals surface area contributed by atoms with Crippen molar-refractivity contribution in [3.8, 4) is 0 Å². The highest BCUT2D eigenvalue weighted by molar-refractivity contribution is 7.90. The third-order valence-corrected chi connectivity index (χ3v) is 4.38. The largest absolute Gasteiger partial charge is 0.366 e. The Labute approximate surface area is 112 Å². The molecule has 0 atom stereocenters. The molecule has 1 aromatic carbocycles. The number of nitro groups is 1. The van der Waals surface area contributed by atoms with Crippen LogP contribution in [0.2, 0.25) is 0 Å². The first-order valence-electron chi connectivity index (χ1n) is 6.13. The lowest BCUT2D eigenvalue weighted by Gasteiger charge is -2.28. The molecule has 1 saturated heterocycles. The minimum absolute atomic E-state index is 0.208. The topological polar surface area (TPSA) is 80.5 Å². The number of para-hydroxylation sites is 1. The smallest absolute Gasteiger partial charge is 0.311 e. The van der Waals surface area contributed by atoms with E-state index in [1.807, 2.05) is 4.90 Å². The highest BCUT2D eigenvalue weighted by Gasteiger charge is 2.29. The fraction of sp³-hybridized carbons (Fsp3) is 0.500. The molecule has 6 nitrogen and oxygen atoms in total. The van der Waals surface area contributed by atoms with E-state index in [4.69, 9.17) is 0 Å². The number of nitrogens with zero attached hydrogens (tertiary/aromatic N) is 2. The molecule has 19 heavy (non-hydrogen) atoms. The molecular weight excluding hydrogens is 268 g/mol. The molecule has 1 aliphatic heterocycles. The van der Waals surface area contributed by atoms with Gasteiger partial charge in [0.25, 0.3) is 0 Å². The van der Waals surface area contributed by atoms with Crippen LogP contribution in [0.4, 0.5) is 11.4 Å². The zero-order valence-electron chi connectivity index (χ0n) is 10.7. The summed E-state index contributed by atoms with van der Waals surface area (Å²) in [5.41, 5.74) is 0.111. The summed E-state index contributed by atoms with van der Waals surface area (Å²) in [5, 5.41) is 11.2. The first kappa shape index (κ1) is 13.8. The minimum Gasteiger partial charge on any atom is -0.366 e. The Bertz CT molecular complexity index is 592. The van der Waals surface area contributed by atoms with E-state index in [1.165, 1.54) is 6.07 Å². The van der Waals surface area contributed by atoms with Crippen LogP contribution in [0, 0.1) is 10.1 Å². The van der Waals surface area contributed by atoms with Crippen LogP contribution in [-0.2, 0) is 9.84 Å². The quantitative estimate of drug-likeness (QED) is 0.626. The van der Waals surface area contributed by atoms with Crippen molar-refractivity contribution in [3.05, 3.63) is 28.3 Å². The average Bonchev–Trinajstić information content (AvgIpc) is 2.37. The molecule has 0 aromatic heterocycles. The van der Waals surface area contributed by atoms with Gasteiger partial charge in [-0.05, 0) is 31.4 Å². The number of piperidine rings is 1. The number of sulfone groups is 1. The van der Waals surface area contributed by atoms with Gasteiger partial charge in [0.2, 0.25) is 0 Å². The van der Waals surface area contributed by atoms with Gasteiger partial charge >= 0.3 is 5.69 Å². The maximum Gasteiger partial charge on any atom is 0.311 e. The molecule has 0 amide bonds. The van der Waals surface area contributed by atoms with E-state index in [0.717, 1.165) is 38.6 Å². The van der Waals surface area contributed by atoms with Gasteiger partial charge in [-0.3, -0.25) is 10.1 Å². The van der Waals surface area contributed by atoms with Crippen LogP contribution in [0.3, 0.4) is 0 Å². The van der Waals surface area contributed by atoms with Gasteiger partial charge in [0.15, 0.2) is 9.84 Å². The summed E-state index contributed by atoms with van der Waals surface area (Å²) < 4.78 is 23.3. The molecule has 1 aromatic rings. The zero-order chi connectivity index (χ0) is 14.0. The Kier molecular flexibility index (Phi) is 3.75. The first-order chi connectivity index (χ1) is 8.91. The molecule has 0 unspecified atom stereocenters. The van der Waals surface area contributed by atoms with Crippen molar-refractivity contribution < 1.29 is 13.3 Å². The highest BCUT2D eigenvalue weighted by Crippen LogP contribution is 2.35. The predicted molar refractivity (Wildman–Crippen MR) is 72.3 cm³/mol. The number of hydrogen-bond donors (Lipinski definition) is 0. The Hall–Kier alpha value is -1.63. The van der Waals surface area contributed by atoms with Crippen molar-refractivity contribution in [1.82, 2.24) is 0 Å². The van der Waals surface area contributed by atoms with Gasteiger partial charge in [-0.15, -0.1) is 0 Å². The molecule has 0 aliphatic carbocycles. The molecule has 2 rings (SSSR count). The fourth-order valence-corrected chi connectivity index (χ4v) is 3.24. The van der Waals surface area contributed by atoms with E-state index in [0.29, 0.717) is 5.69 Å². The molecule has 0 radical (unpaired) electrons. The number of anilines is 1. The van der Waals surface area contributed by atoms with E-state index in [1.54, 1.807) is 12.1 Å². The molecule has 0 spiro atoms. The van der Waals surface area contributed by atoms with E-state index in [-0.39, 0.29) is 10.6 Å². The lowest BCUT2D eigenvalue weighted by Crippen LogP contribution is -2.30. The Morgan fingerprint density at radius 1 is 1.21 bits per heavy atom. The molecule has 0 saturated carbocycles. The van der Waals surface area contributed by atoms with Gasteiger partial charge in [-0.25, -0.2) is 8.42 Å². The Balaban J connectivity index is 2.57. The van der Waals surface area contributed by atoms with Gasteiger partial charge in [-0.1, -0.05) is 6.07 Å². The van der Waals surface area contributed by atoms with Crippen molar-refractivity contribution in [2.75, 3.05) is 24.2 Å². The Morgan fingerprint density at radius 3 is 2.37 bits per heavy atom. The van der Waals surface area contributed by atoms with E-state index in [9.17, 15) is 18.5 Å². The van der Waals surface area contributed by atoms with Crippen LogP contribution in [0.25, 0.3) is 0 Å². The van der Waals surface area contributed by atoms with Gasteiger partial charge in [-0.2, -0.15) is 0 Å². The zero-order valence-corrected chi connectivity index (χ0v) is 11.5. The van der Waals surface area contributed by atoms with E-state index in [2.05, 4.69) is 0 Å². The van der Waals surface area contributed by atoms with Crippen molar-refractivity contribution in [2.24, 2.45) is 0 Å². The van der Waals surface area contributed by atoms with Crippen LogP contribution >= 0.6 is 0 Å². The van der Waals surface area contributed by atoms with Crippen molar-refractivity contribution in [1.29, 1.82) is 0 Å². The highest BCUT2D eigenvalue weighted by atomic mass is 32.2. The second-order valence-electron chi connectivity index (χ2n) is 4.70. The summed E-state index contributed by atoms with van der Waals surface area (Å²) in [5.74, 6) is 0. The van der Waals surface area contributed by atoms with Gasteiger partial charge < -0.3 is 4.90 Å². The molecule has 0 bridgehead atoms. The van der Waals surface area contributed by atoms with Crippen LogP contribution in [-0.4, -0.2) is 32.7 Å². The standard InChI is InChI=1S/C12H16N2O4S/c1-19(17,18)11-7-5-6-10(12(11)14(15)16)13-8-3-2-4-9-13/h5-7H,2-4,8-9H2,1H3. The monoisotopic (exact) mass is 284 g/mol. The fourth-order valence-electron chi connectivity index (χ4n) is 2.38. The van der Waals surface area contributed by atoms with Gasteiger partial charge in [0, 0.05) is 19.3 Å². The maximum absolute atomic E-state index is 11.7. The lowest BCUT2D eigenvalue weighted by molar-refractivity contribution is -0.387. The predicted octanol–water partition coefficient (Wildman–Crippen LogP) is 1.99. The number of hydrogen-bond acceptors (Lipinski definition) is 5. The number of nitro benzene ring substituents is 1. The van der Waals surface area contributed by atoms with Crippen molar-refractivity contribution >= 4 is 21.2 Å². The average molecular weight is 284 g/mol. The molecule has 104 valence electrons. The molecule has 1 aliphatic rings. The summed E-state index contributed by atoms with van der Waals surface area (Å²) in [7, 11) is -3.61. The second kappa shape index (κ2) is 5.16. The third-order valence-electron chi connectivity index (χ3n) is 3.26. The lowest BCUT2D eigenvalue weighted by atomic mass is 10.1. The molecular formula is C12H16N2O4S. The van der Waals surface area contributed by atoms with E-state index < -0.39 is 14.8 Å². The van der Waals surface area contributed by atoms with Gasteiger partial charge in [0.05, 0.1) is 4.92 Å². The molecule has 1 fully saturated rings. The summed E-state index contributed by atoms with van der Waals surface area (Å²) in [6, 6.07) is 4.48. The second-order valence-corrected chi connectivity index (χ2v) is 6.69. The first-order valence-corrected chi connectivity index (χ1v) is 8.03. The van der Waals surface area contributed by atoms with Gasteiger partial charge in [0.1, 0.15) is 10.6 Å². The number of benzene rings is 1. The molecule has 0 N–H and O–H groups in total. The summed E-state index contributed by atoms with van der Waals surface area (Å²) in [6.45, 7) is 1.46. The third kappa shape index (κ3) is 2.86. The SMILES string of the molecule is CS(=O)(=O)c1cccc(N2CCCCC2)c1[N+](=O)[O-]. The Morgan fingerprint density at radius 2 is 1.84 bits per heavy atom. The summed E-state index contributed by atoms with van der Waals surface area (Å²) in [6.07, 6.45) is 4.05. The van der Waals surface area contributed by atoms with Crippen molar-refractivity contribution in [2.45, 2.75) is 24.2 Å². The van der Waals surface area contributed by atoms with Crippen LogP contribution in [0.1, 0.15) is 19.3 Å². The minimum atomic E-state index is -3.61. The van der Waals surface area contributed by atoms with Crippen LogP contribution in [0.15, 0.2) is 23.1 Å². The maximum atomic E-state index is 11.7. The summed E-state index contributed by atoms with van der Waals surface area (Å²) in [4.78, 5) is 12.3. The van der Waals surface area contributed by atoms with Crippen LogP contribution < -0.4 is 4.90 Å². The van der Waals surface area contributed by atoms with Crippen molar-refractivity contribution in [3.63, 3.8) is 0 Å².